The van der Waals surface area contributed by atoms with Crippen molar-refractivity contribution < 1.29 is 4.84 Å². The summed E-state index contributed by atoms with van der Waals surface area (Å²) in [7, 11) is 0. The standard InChI is InChI=1S/C9H12N4O/c1-2-14-13-9-4-8(11)7(10)3-6(9)5-12-13/h3-5H,2,10-11H2,1H3. The maximum absolute atomic E-state index is 5.69. The number of anilines is 2. The fourth-order valence-electron chi connectivity index (χ4n) is 1.31. The van der Waals surface area contributed by atoms with Gasteiger partial charge in [0.05, 0.1) is 17.6 Å². The zero-order valence-corrected chi connectivity index (χ0v) is 7.90. The van der Waals surface area contributed by atoms with Crippen LogP contribution in [0.1, 0.15) is 6.92 Å². The van der Waals surface area contributed by atoms with Crippen LogP contribution in [0.25, 0.3) is 10.9 Å². The molecule has 0 radical (unpaired) electrons. The molecule has 4 N–H and O–H groups in total. The Morgan fingerprint density at radius 3 is 2.79 bits per heavy atom. The average Bonchev–Trinajstić information content (AvgIpc) is 2.51. The van der Waals surface area contributed by atoms with Crippen LogP contribution in [0.15, 0.2) is 18.3 Å². The van der Waals surface area contributed by atoms with Crippen molar-refractivity contribution in [1.82, 2.24) is 9.94 Å². The van der Waals surface area contributed by atoms with Crippen molar-refractivity contribution in [3.63, 3.8) is 0 Å². The quantitative estimate of drug-likeness (QED) is 0.685. The Bertz CT molecular complexity index is 463. The fraction of sp³-hybridized carbons (Fsp3) is 0.222. The van der Waals surface area contributed by atoms with Gasteiger partial charge in [0.15, 0.2) is 0 Å². The van der Waals surface area contributed by atoms with Crippen LogP contribution in [0.3, 0.4) is 0 Å². The number of hydrogen-bond donors (Lipinski definition) is 2. The second-order valence-electron chi connectivity index (χ2n) is 2.98. The van der Waals surface area contributed by atoms with E-state index in [0.29, 0.717) is 18.0 Å². The third-order valence-corrected chi connectivity index (χ3v) is 1.99. The van der Waals surface area contributed by atoms with E-state index in [-0.39, 0.29) is 0 Å². The van der Waals surface area contributed by atoms with Crippen molar-refractivity contribution in [2.45, 2.75) is 6.92 Å². The second kappa shape index (κ2) is 3.10. The predicted octanol–water partition coefficient (Wildman–Crippen LogP) is 0.649. The summed E-state index contributed by atoms with van der Waals surface area (Å²) in [5, 5.41) is 4.97. The lowest BCUT2D eigenvalue weighted by Crippen LogP contribution is -2.11. The van der Waals surface area contributed by atoms with Crippen molar-refractivity contribution in [1.29, 1.82) is 0 Å². The van der Waals surface area contributed by atoms with Gasteiger partial charge in [-0.1, -0.05) is 4.85 Å². The highest BCUT2D eigenvalue weighted by Gasteiger charge is 2.05. The van der Waals surface area contributed by atoms with Crippen LogP contribution in [0.5, 0.6) is 0 Å². The SMILES string of the molecule is CCOn1ncc2cc(N)c(N)cc21. The molecule has 14 heavy (non-hydrogen) atoms. The van der Waals surface area contributed by atoms with Crippen molar-refractivity contribution in [2.24, 2.45) is 0 Å². The second-order valence-corrected chi connectivity index (χ2v) is 2.98. The van der Waals surface area contributed by atoms with Gasteiger partial charge in [-0.2, -0.15) is 0 Å². The van der Waals surface area contributed by atoms with Gasteiger partial charge in [-0.05, 0) is 19.1 Å². The molecule has 2 rings (SSSR count). The Morgan fingerprint density at radius 1 is 1.36 bits per heavy atom. The van der Waals surface area contributed by atoms with Gasteiger partial charge in [-0.3, -0.25) is 0 Å². The molecule has 1 aromatic heterocycles. The lowest BCUT2D eigenvalue weighted by atomic mass is 10.2. The van der Waals surface area contributed by atoms with Gasteiger partial charge in [0, 0.05) is 5.39 Å². The lowest BCUT2D eigenvalue weighted by Gasteiger charge is -2.04. The maximum atomic E-state index is 5.69. The van der Waals surface area contributed by atoms with Gasteiger partial charge in [0.1, 0.15) is 12.1 Å². The minimum Gasteiger partial charge on any atom is -0.397 e. The third-order valence-electron chi connectivity index (χ3n) is 1.99. The van der Waals surface area contributed by atoms with E-state index in [9.17, 15) is 0 Å². The lowest BCUT2D eigenvalue weighted by molar-refractivity contribution is 0.103. The van der Waals surface area contributed by atoms with E-state index in [1.54, 1.807) is 18.3 Å². The molecular weight excluding hydrogens is 180 g/mol. The molecule has 1 aromatic carbocycles. The molecule has 1 heterocycles. The molecule has 0 aliphatic carbocycles. The Hall–Kier alpha value is -1.91. The summed E-state index contributed by atoms with van der Waals surface area (Å²) in [6.07, 6.45) is 1.70. The molecule has 0 aliphatic rings. The van der Waals surface area contributed by atoms with Gasteiger partial charge >= 0.3 is 0 Å². The molecule has 5 nitrogen and oxygen atoms in total. The van der Waals surface area contributed by atoms with E-state index in [2.05, 4.69) is 5.10 Å². The van der Waals surface area contributed by atoms with Gasteiger partial charge in [-0.25, -0.2) is 0 Å². The normalized spacial score (nSPS) is 10.6. The molecule has 0 saturated carbocycles. The molecule has 0 aliphatic heterocycles. The summed E-state index contributed by atoms with van der Waals surface area (Å²) in [6.45, 7) is 2.45. The van der Waals surface area contributed by atoms with E-state index in [1.807, 2.05) is 6.92 Å². The third kappa shape index (κ3) is 1.22. The highest BCUT2D eigenvalue weighted by Crippen LogP contribution is 2.22. The number of nitrogen functional groups attached to an aromatic ring is 2. The summed E-state index contributed by atoms with van der Waals surface area (Å²) in [4.78, 5) is 6.71. The zero-order valence-electron chi connectivity index (χ0n) is 7.90. The number of hydrogen-bond acceptors (Lipinski definition) is 4. The minimum absolute atomic E-state index is 0.541. The molecular formula is C9H12N4O. The van der Waals surface area contributed by atoms with Crippen LogP contribution < -0.4 is 16.3 Å². The molecule has 2 aromatic rings. The largest absolute Gasteiger partial charge is 0.397 e. The summed E-state index contributed by atoms with van der Waals surface area (Å²) in [5.74, 6) is 0. The van der Waals surface area contributed by atoms with E-state index in [1.165, 1.54) is 4.85 Å². The van der Waals surface area contributed by atoms with Gasteiger partial charge in [0.2, 0.25) is 0 Å². The predicted molar refractivity (Wildman–Crippen MR) is 55.7 cm³/mol. The van der Waals surface area contributed by atoms with E-state index in [4.69, 9.17) is 16.3 Å². The highest BCUT2D eigenvalue weighted by molar-refractivity contribution is 5.87. The minimum atomic E-state index is 0.541. The Labute approximate surface area is 81.2 Å². The van der Waals surface area contributed by atoms with Crippen LogP contribution in [0, 0.1) is 0 Å². The van der Waals surface area contributed by atoms with E-state index in [0.717, 1.165) is 10.9 Å². The molecule has 0 bridgehead atoms. The molecule has 74 valence electrons. The molecule has 0 spiro atoms. The first-order chi connectivity index (χ1) is 6.72. The van der Waals surface area contributed by atoms with Crippen LogP contribution >= 0.6 is 0 Å². The fourth-order valence-corrected chi connectivity index (χ4v) is 1.31. The molecule has 0 amide bonds. The summed E-state index contributed by atoms with van der Waals surface area (Å²) in [6, 6.07) is 3.54. The van der Waals surface area contributed by atoms with Gasteiger partial charge in [0.25, 0.3) is 0 Å². The monoisotopic (exact) mass is 192 g/mol. The van der Waals surface area contributed by atoms with Crippen LogP contribution in [0.2, 0.25) is 0 Å². The first-order valence-corrected chi connectivity index (χ1v) is 4.38. The first-order valence-electron chi connectivity index (χ1n) is 4.38. The first kappa shape index (κ1) is 8.68. The van der Waals surface area contributed by atoms with E-state index < -0.39 is 0 Å². The number of nitrogens with zero attached hydrogens (tertiary/aromatic N) is 2. The van der Waals surface area contributed by atoms with Crippen molar-refractivity contribution in [3.05, 3.63) is 18.3 Å². The molecule has 0 fully saturated rings. The summed E-state index contributed by atoms with van der Waals surface area (Å²) in [5.41, 5.74) is 13.3. The Balaban J connectivity index is 2.61. The van der Waals surface area contributed by atoms with Crippen molar-refractivity contribution >= 4 is 22.3 Å². The highest BCUT2D eigenvalue weighted by atomic mass is 16.7. The molecule has 0 unspecified atom stereocenters. The number of benzene rings is 1. The summed E-state index contributed by atoms with van der Waals surface area (Å²) < 4.78 is 0. The smallest absolute Gasteiger partial charge is 0.114 e. The number of fused-ring (bicyclic) bond motifs is 1. The Kier molecular flexibility index (Phi) is 1.92. The van der Waals surface area contributed by atoms with Gasteiger partial charge in [-0.15, -0.1) is 5.10 Å². The molecule has 0 saturated heterocycles. The van der Waals surface area contributed by atoms with Crippen LogP contribution in [0.4, 0.5) is 11.4 Å². The molecule has 0 atom stereocenters. The zero-order chi connectivity index (χ0) is 10.1. The van der Waals surface area contributed by atoms with Crippen molar-refractivity contribution in [2.75, 3.05) is 18.1 Å². The molecule has 5 heteroatoms. The van der Waals surface area contributed by atoms with Crippen LogP contribution in [-0.2, 0) is 0 Å². The topological polar surface area (TPSA) is 79.1 Å². The number of rotatable bonds is 2. The van der Waals surface area contributed by atoms with E-state index >= 15 is 0 Å². The number of nitrogens with two attached hydrogens (primary N) is 2. The maximum Gasteiger partial charge on any atom is 0.114 e. The van der Waals surface area contributed by atoms with Crippen molar-refractivity contribution in [3.8, 4) is 0 Å². The van der Waals surface area contributed by atoms with Crippen LogP contribution in [-0.4, -0.2) is 16.6 Å². The average molecular weight is 192 g/mol. The number of aromatic nitrogens is 2. The Morgan fingerprint density at radius 2 is 2.07 bits per heavy atom. The van der Waals surface area contributed by atoms with Gasteiger partial charge < -0.3 is 16.3 Å². The summed E-state index contributed by atoms with van der Waals surface area (Å²) >= 11 is 0.